The molecule has 140 valence electrons. The van der Waals surface area contributed by atoms with Crippen LogP contribution in [0.4, 0.5) is 5.69 Å². The Hall–Kier alpha value is -2.96. The summed E-state index contributed by atoms with van der Waals surface area (Å²) in [4.78, 5) is 36.3. The number of halogens is 1. The lowest BCUT2D eigenvalue weighted by Crippen LogP contribution is -2.12. The van der Waals surface area contributed by atoms with Crippen LogP contribution >= 0.6 is 22.9 Å². The number of hydrogen-bond acceptors (Lipinski definition) is 5. The maximum atomic E-state index is 12.3. The second-order valence-corrected chi connectivity index (χ2v) is 7.70. The Morgan fingerprint density at radius 2 is 2.04 bits per heavy atom. The zero-order chi connectivity index (χ0) is 19.7. The first kappa shape index (κ1) is 18.4. The van der Waals surface area contributed by atoms with E-state index in [4.69, 9.17) is 16.3 Å². The fourth-order valence-electron chi connectivity index (χ4n) is 2.95. The first-order chi connectivity index (χ1) is 13.5. The maximum absolute atomic E-state index is 12.3. The molecule has 1 aliphatic rings. The van der Waals surface area contributed by atoms with Crippen LogP contribution in [-0.4, -0.2) is 24.3 Å². The number of fused-ring (bicyclic) bond motifs is 2. The number of esters is 1. The minimum absolute atomic E-state index is 0.101. The van der Waals surface area contributed by atoms with Gasteiger partial charge in [-0.25, -0.2) is 4.79 Å². The van der Waals surface area contributed by atoms with Gasteiger partial charge in [-0.05, 0) is 35.9 Å². The lowest BCUT2D eigenvalue weighted by molar-refractivity contribution is -0.136. The van der Waals surface area contributed by atoms with Gasteiger partial charge >= 0.3 is 5.97 Å². The van der Waals surface area contributed by atoms with Crippen molar-refractivity contribution in [1.82, 2.24) is 0 Å². The molecule has 0 saturated carbocycles. The van der Waals surface area contributed by atoms with Crippen LogP contribution in [-0.2, 0) is 20.7 Å². The van der Waals surface area contributed by atoms with E-state index in [1.165, 1.54) is 17.4 Å². The molecule has 1 aliphatic heterocycles. The second kappa shape index (κ2) is 7.58. The monoisotopic (exact) mass is 411 g/mol. The molecule has 1 amide bonds. The lowest BCUT2D eigenvalue weighted by Gasteiger charge is -2.04. The van der Waals surface area contributed by atoms with Gasteiger partial charge in [0.05, 0.1) is 11.4 Å². The van der Waals surface area contributed by atoms with Crippen molar-refractivity contribution in [1.29, 1.82) is 0 Å². The van der Waals surface area contributed by atoms with Gasteiger partial charge in [0.2, 0.25) is 5.91 Å². The van der Waals surface area contributed by atoms with Crippen molar-refractivity contribution in [3.63, 3.8) is 0 Å². The highest BCUT2D eigenvalue weighted by molar-refractivity contribution is 7.20. The molecule has 28 heavy (non-hydrogen) atoms. The van der Waals surface area contributed by atoms with Crippen LogP contribution in [0.25, 0.3) is 16.2 Å². The first-order valence-corrected chi connectivity index (χ1v) is 9.68. The summed E-state index contributed by atoms with van der Waals surface area (Å²) in [5.74, 6) is -1.06. The predicted octanol–water partition coefficient (Wildman–Crippen LogP) is 4.49. The molecule has 1 aromatic heterocycles. The molecular weight excluding hydrogens is 398 g/mol. The number of hydrogen-bond donors (Lipinski definition) is 1. The molecule has 0 bridgehead atoms. The smallest absolute Gasteiger partial charge is 0.331 e. The summed E-state index contributed by atoms with van der Waals surface area (Å²) in [6.07, 6.45) is 3.09. The normalized spacial score (nSPS) is 13.0. The number of Topliss-reactive ketones (excluding diaryl/α,β-unsaturated/α-hetero) is 1. The van der Waals surface area contributed by atoms with Gasteiger partial charge in [-0.15, -0.1) is 11.3 Å². The molecule has 5 nitrogen and oxygen atoms in total. The standard InChI is InChI=1S/C21H14ClNO4S/c22-21-14-3-1-2-4-17(14)28-18(21)7-8-20(26)27-11-16(24)12-5-6-15-13(9-12)10-19(25)23-15/h1-9H,10-11H2,(H,23,25)/b8-7+. The number of rotatable bonds is 5. The second-order valence-electron chi connectivity index (χ2n) is 6.24. The van der Waals surface area contributed by atoms with Crippen LogP contribution in [0.15, 0.2) is 48.5 Å². The molecule has 0 unspecified atom stereocenters. The highest BCUT2D eigenvalue weighted by Gasteiger charge is 2.19. The number of ether oxygens (including phenoxy) is 1. The van der Waals surface area contributed by atoms with Crippen LogP contribution in [0.1, 0.15) is 20.8 Å². The average Bonchev–Trinajstić information content (AvgIpc) is 3.22. The Bertz CT molecular complexity index is 1150. The van der Waals surface area contributed by atoms with Crippen LogP contribution in [0.3, 0.4) is 0 Å². The van der Waals surface area contributed by atoms with Crippen molar-refractivity contribution in [3.8, 4) is 0 Å². The fraction of sp³-hybridized carbons (Fsp3) is 0.0952. The van der Waals surface area contributed by atoms with Crippen molar-refractivity contribution in [2.45, 2.75) is 6.42 Å². The highest BCUT2D eigenvalue weighted by atomic mass is 35.5. The van der Waals surface area contributed by atoms with Gasteiger partial charge < -0.3 is 10.1 Å². The number of benzene rings is 2. The van der Waals surface area contributed by atoms with E-state index in [1.54, 1.807) is 24.3 Å². The van der Waals surface area contributed by atoms with Gasteiger partial charge in [-0.2, -0.15) is 0 Å². The molecule has 0 saturated heterocycles. The molecule has 2 aromatic carbocycles. The first-order valence-electron chi connectivity index (χ1n) is 8.49. The summed E-state index contributed by atoms with van der Waals surface area (Å²) in [6, 6.07) is 12.6. The van der Waals surface area contributed by atoms with Gasteiger partial charge in [0.15, 0.2) is 12.4 Å². The number of nitrogens with one attached hydrogen (secondary N) is 1. The van der Waals surface area contributed by atoms with Gasteiger partial charge in [-0.1, -0.05) is 29.8 Å². The summed E-state index contributed by atoms with van der Waals surface area (Å²) in [7, 11) is 0. The Kier molecular flexibility index (Phi) is 4.98. The molecular formula is C21H14ClNO4S. The third-order valence-corrected chi connectivity index (χ3v) is 5.98. The predicted molar refractivity (Wildman–Crippen MR) is 110 cm³/mol. The van der Waals surface area contributed by atoms with E-state index in [2.05, 4.69) is 5.32 Å². The summed E-state index contributed by atoms with van der Waals surface area (Å²) in [5.41, 5.74) is 1.88. The summed E-state index contributed by atoms with van der Waals surface area (Å²) in [5, 5.41) is 4.22. The summed E-state index contributed by atoms with van der Waals surface area (Å²) in [6.45, 7) is -0.372. The fourth-order valence-corrected chi connectivity index (χ4v) is 4.35. The highest BCUT2D eigenvalue weighted by Crippen LogP contribution is 2.35. The van der Waals surface area contributed by atoms with E-state index < -0.39 is 5.97 Å². The summed E-state index contributed by atoms with van der Waals surface area (Å²) < 4.78 is 6.07. The largest absolute Gasteiger partial charge is 0.454 e. The number of carbonyl (C=O) groups is 3. The van der Waals surface area contributed by atoms with E-state index in [0.717, 1.165) is 20.5 Å². The van der Waals surface area contributed by atoms with Crippen molar-refractivity contribution in [2.75, 3.05) is 11.9 Å². The third kappa shape index (κ3) is 3.69. The molecule has 0 fully saturated rings. The van der Waals surface area contributed by atoms with E-state index in [-0.39, 0.29) is 24.7 Å². The van der Waals surface area contributed by atoms with Gasteiger partial charge in [0.25, 0.3) is 0 Å². The Morgan fingerprint density at radius 3 is 2.86 bits per heavy atom. The van der Waals surface area contributed by atoms with Crippen molar-refractivity contribution in [3.05, 3.63) is 69.6 Å². The van der Waals surface area contributed by atoms with E-state index in [9.17, 15) is 14.4 Å². The van der Waals surface area contributed by atoms with Crippen molar-refractivity contribution in [2.24, 2.45) is 0 Å². The Labute approximate surface area is 169 Å². The summed E-state index contributed by atoms with van der Waals surface area (Å²) >= 11 is 7.80. The lowest BCUT2D eigenvalue weighted by atomic mass is 10.1. The van der Waals surface area contributed by atoms with E-state index in [1.807, 2.05) is 24.3 Å². The van der Waals surface area contributed by atoms with Crippen molar-refractivity contribution < 1.29 is 19.1 Å². The van der Waals surface area contributed by atoms with Crippen LogP contribution in [0.2, 0.25) is 5.02 Å². The van der Waals surface area contributed by atoms with E-state index in [0.29, 0.717) is 16.3 Å². The molecule has 3 aromatic rings. The maximum Gasteiger partial charge on any atom is 0.331 e. The topological polar surface area (TPSA) is 72.5 Å². The van der Waals surface area contributed by atoms with Crippen LogP contribution in [0, 0.1) is 0 Å². The van der Waals surface area contributed by atoms with Gasteiger partial charge in [0.1, 0.15) is 0 Å². The number of amides is 1. The molecule has 7 heteroatoms. The zero-order valence-corrected chi connectivity index (χ0v) is 16.1. The Balaban J connectivity index is 1.38. The van der Waals surface area contributed by atoms with Gasteiger partial charge in [-0.3, -0.25) is 9.59 Å². The Morgan fingerprint density at radius 1 is 1.21 bits per heavy atom. The molecule has 0 atom stereocenters. The molecule has 4 rings (SSSR count). The molecule has 1 N–H and O–H groups in total. The number of ketones is 1. The quantitative estimate of drug-likeness (QED) is 0.381. The minimum atomic E-state index is -0.625. The number of anilines is 1. The molecule has 0 radical (unpaired) electrons. The average molecular weight is 412 g/mol. The zero-order valence-electron chi connectivity index (χ0n) is 14.5. The third-order valence-electron chi connectivity index (χ3n) is 4.33. The SMILES string of the molecule is O=C1Cc2cc(C(=O)COC(=O)/C=C/c3sc4ccccc4c3Cl)ccc2N1. The van der Waals surface area contributed by atoms with Gasteiger partial charge in [0, 0.05) is 32.3 Å². The van der Waals surface area contributed by atoms with E-state index >= 15 is 0 Å². The van der Waals surface area contributed by atoms with Crippen LogP contribution < -0.4 is 5.32 Å². The van der Waals surface area contributed by atoms with Crippen LogP contribution in [0.5, 0.6) is 0 Å². The number of carbonyl (C=O) groups excluding carboxylic acids is 3. The molecule has 2 heterocycles. The minimum Gasteiger partial charge on any atom is -0.454 e. The molecule has 0 aliphatic carbocycles. The van der Waals surface area contributed by atoms with Crippen molar-refractivity contribution >= 4 is 62.4 Å². The molecule has 0 spiro atoms. The number of thiophene rings is 1.